The van der Waals surface area contributed by atoms with Crippen molar-refractivity contribution >= 4 is 11.7 Å². The van der Waals surface area contributed by atoms with Gasteiger partial charge in [0.2, 0.25) is 5.91 Å². The first-order valence-corrected chi connectivity index (χ1v) is 4.86. The van der Waals surface area contributed by atoms with Crippen molar-refractivity contribution in [3.63, 3.8) is 0 Å². The molecule has 0 bridgehead atoms. The predicted octanol–water partition coefficient (Wildman–Crippen LogP) is 1.28. The molecular formula is C11H17NO2. The Morgan fingerprint density at radius 2 is 2.00 bits per heavy atom. The van der Waals surface area contributed by atoms with Crippen LogP contribution >= 0.6 is 0 Å². The number of Topliss-reactive ketones (excluding diaryl/α,β-unsaturated/α-hetero) is 1. The maximum absolute atomic E-state index is 11.1. The van der Waals surface area contributed by atoms with Gasteiger partial charge < -0.3 is 10.1 Å². The van der Waals surface area contributed by atoms with Crippen molar-refractivity contribution in [1.82, 2.24) is 5.32 Å². The minimum absolute atomic E-state index is 0.0486. The van der Waals surface area contributed by atoms with E-state index in [2.05, 4.69) is 11.2 Å². The van der Waals surface area contributed by atoms with E-state index in [4.69, 9.17) is 6.42 Å². The molecule has 0 aliphatic heterocycles. The van der Waals surface area contributed by atoms with Crippen molar-refractivity contribution in [3.05, 3.63) is 0 Å². The van der Waals surface area contributed by atoms with E-state index < -0.39 is 0 Å². The zero-order chi connectivity index (χ0) is 10.8. The molecule has 14 heavy (non-hydrogen) atoms. The topological polar surface area (TPSA) is 46.2 Å². The van der Waals surface area contributed by atoms with Gasteiger partial charge in [-0.15, -0.1) is 12.3 Å². The molecule has 3 nitrogen and oxygen atoms in total. The smallest absolute Gasteiger partial charge is 0.220 e. The van der Waals surface area contributed by atoms with Gasteiger partial charge in [-0.3, -0.25) is 4.79 Å². The van der Waals surface area contributed by atoms with Crippen molar-refractivity contribution in [2.24, 2.45) is 0 Å². The maximum atomic E-state index is 11.1. The number of ketones is 1. The number of hydrogen-bond donors (Lipinski definition) is 1. The Morgan fingerprint density at radius 3 is 2.57 bits per heavy atom. The SMILES string of the molecule is C#CCCCCNC(=O)CCC(C)=O. The van der Waals surface area contributed by atoms with E-state index in [1.54, 1.807) is 0 Å². The molecule has 0 heterocycles. The summed E-state index contributed by atoms with van der Waals surface area (Å²) in [5.41, 5.74) is 0. The highest BCUT2D eigenvalue weighted by molar-refractivity contribution is 5.83. The maximum Gasteiger partial charge on any atom is 0.220 e. The van der Waals surface area contributed by atoms with Crippen LogP contribution < -0.4 is 5.32 Å². The lowest BCUT2D eigenvalue weighted by atomic mass is 10.2. The molecule has 0 fully saturated rings. The van der Waals surface area contributed by atoms with E-state index >= 15 is 0 Å². The fourth-order valence-electron chi connectivity index (χ4n) is 0.958. The van der Waals surface area contributed by atoms with Gasteiger partial charge in [0.15, 0.2) is 0 Å². The first kappa shape index (κ1) is 12.7. The minimum atomic E-state index is -0.0547. The van der Waals surface area contributed by atoms with Gasteiger partial charge in [-0.05, 0) is 19.8 Å². The number of rotatable bonds is 7. The Labute approximate surface area is 85.3 Å². The summed E-state index contributed by atoms with van der Waals surface area (Å²) in [5.74, 6) is 2.53. The largest absolute Gasteiger partial charge is 0.356 e. The molecule has 1 N–H and O–H groups in total. The van der Waals surface area contributed by atoms with Crippen LogP contribution in [0.25, 0.3) is 0 Å². The number of amides is 1. The fraction of sp³-hybridized carbons (Fsp3) is 0.636. The van der Waals surface area contributed by atoms with Gasteiger partial charge in [-0.1, -0.05) is 0 Å². The lowest BCUT2D eigenvalue weighted by Crippen LogP contribution is -2.24. The molecule has 0 atom stereocenters. The van der Waals surface area contributed by atoms with Crippen LogP contribution in [-0.4, -0.2) is 18.2 Å². The second-order valence-electron chi connectivity index (χ2n) is 3.21. The quantitative estimate of drug-likeness (QED) is 0.491. The first-order valence-electron chi connectivity index (χ1n) is 4.86. The van der Waals surface area contributed by atoms with E-state index in [0.717, 1.165) is 19.3 Å². The Balaban J connectivity index is 3.28. The summed E-state index contributed by atoms with van der Waals surface area (Å²) in [4.78, 5) is 21.6. The number of carbonyl (C=O) groups is 2. The second-order valence-corrected chi connectivity index (χ2v) is 3.21. The van der Waals surface area contributed by atoms with Gasteiger partial charge in [0.05, 0.1) is 0 Å². The van der Waals surface area contributed by atoms with Crippen LogP contribution in [-0.2, 0) is 9.59 Å². The monoisotopic (exact) mass is 195 g/mol. The van der Waals surface area contributed by atoms with E-state index in [-0.39, 0.29) is 11.7 Å². The van der Waals surface area contributed by atoms with Crippen molar-refractivity contribution in [2.45, 2.75) is 39.0 Å². The van der Waals surface area contributed by atoms with Gasteiger partial charge in [-0.25, -0.2) is 0 Å². The van der Waals surface area contributed by atoms with E-state index in [9.17, 15) is 9.59 Å². The van der Waals surface area contributed by atoms with Crippen LogP contribution in [0.4, 0.5) is 0 Å². The normalized spacial score (nSPS) is 9.14. The van der Waals surface area contributed by atoms with Gasteiger partial charge >= 0.3 is 0 Å². The highest BCUT2D eigenvalue weighted by atomic mass is 16.2. The number of nitrogens with one attached hydrogen (secondary N) is 1. The third-order valence-electron chi connectivity index (χ3n) is 1.77. The average molecular weight is 195 g/mol. The molecule has 0 rings (SSSR count). The summed E-state index contributed by atoms with van der Waals surface area (Å²) in [6, 6.07) is 0. The molecule has 0 saturated carbocycles. The Kier molecular flexibility index (Phi) is 7.53. The van der Waals surface area contributed by atoms with Crippen LogP contribution in [0.3, 0.4) is 0 Å². The third kappa shape index (κ3) is 8.79. The number of unbranched alkanes of at least 4 members (excludes halogenated alkanes) is 2. The summed E-state index contributed by atoms with van der Waals surface area (Å²) in [7, 11) is 0. The van der Waals surface area contributed by atoms with Crippen LogP contribution in [0.5, 0.6) is 0 Å². The molecule has 0 aromatic carbocycles. The van der Waals surface area contributed by atoms with Gasteiger partial charge in [0, 0.05) is 25.8 Å². The molecule has 0 unspecified atom stereocenters. The van der Waals surface area contributed by atoms with Gasteiger partial charge in [-0.2, -0.15) is 0 Å². The molecule has 3 heteroatoms. The minimum Gasteiger partial charge on any atom is -0.356 e. The van der Waals surface area contributed by atoms with E-state index in [0.29, 0.717) is 19.4 Å². The third-order valence-corrected chi connectivity index (χ3v) is 1.77. The molecular weight excluding hydrogens is 178 g/mol. The fourth-order valence-corrected chi connectivity index (χ4v) is 0.958. The first-order chi connectivity index (χ1) is 6.66. The molecule has 0 aromatic heterocycles. The summed E-state index contributed by atoms with van der Waals surface area (Å²) in [6.07, 6.45) is 8.29. The van der Waals surface area contributed by atoms with Gasteiger partial charge in [0.1, 0.15) is 5.78 Å². The zero-order valence-corrected chi connectivity index (χ0v) is 8.64. The standard InChI is InChI=1S/C11H17NO2/c1-3-4-5-6-9-12-11(14)8-7-10(2)13/h1H,4-9H2,2H3,(H,12,14). The van der Waals surface area contributed by atoms with Crippen molar-refractivity contribution < 1.29 is 9.59 Å². The van der Waals surface area contributed by atoms with Crippen LogP contribution in [0.1, 0.15) is 39.0 Å². The highest BCUT2D eigenvalue weighted by Gasteiger charge is 2.01. The highest BCUT2D eigenvalue weighted by Crippen LogP contribution is 1.93. The van der Waals surface area contributed by atoms with E-state index in [1.165, 1.54) is 6.92 Å². The Hall–Kier alpha value is -1.30. The van der Waals surface area contributed by atoms with Crippen LogP contribution in [0.15, 0.2) is 0 Å². The molecule has 0 saturated heterocycles. The van der Waals surface area contributed by atoms with Crippen LogP contribution in [0.2, 0.25) is 0 Å². The van der Waals surface area contributed by atoms with Crippen molar-refractivity contribution in [2.75, 3.05) is 6.54 Å². The summed E-state index contributed by atoms with van der Waals surface area (Å²) >= 11 is 0. The predicted molar refractivity (Wildman–Crippen MR) is 55.6 cm³/mol. The summed E-state index contributed by atoms with van der Waals surface area (Å²) in [5, 5.41) is 2.74. The molecule has 0 radical (unpaired) electrons. The molecule has 78 valence electrons. The van der Waals surface area contributed by atoms with Crippen LogP contribution in [0, 0.1) is 12.3 Å². The molecule has 0 aromatic rings. The van der Waals surface area contributed by atoms with E-state index in [1.807, 2.05) is 0 Å². The molecule has 0 spiro atoms. The molecule has 1 amide bonds. The zero-order valence-electron chi connectivity index (χ0n) is 8.64. The van der Waals surface area contributed by atoms with Crippen molar-refractivity contribution in [1.29, 1.82) is 0 Å². The van der Waals surface area contributed by atoms with Gasteiger partial charge in [0.25, 0.3) is 0 Å². The number of hydrogen-bond acceptors (Lipinski definition) is 2. The Bertz CT molecular complexity index is 228. The number of terminal acetylenes is 1. The molecule has 0 aliphatic rings. The lowest BCUT2D eigenvalue weighted by Gasteiger charge is -2.02. The number of carbonyl (C=O) groups excluding carboxylic acids is 2. The van der Waals surface area contributed by atoms with Crippen molar-refractivity contribution in [3.8, 4) is 12.3 Å². The summed E-state index contributed by atoms with van der Waals surface area (Å²) in [6.45, 7) is 2.14. The average Bonchev–Trinajstić information content (AvgIpc) is 2.14. The summed E-state index contributed by atoms with van der Waals surface area (Å²) < 4.78 is 0. The Morgan fingerprint density at radius 1 is 1.29 bits per heavy atom. The second kappa shape index (κ2) is 8.31. The molecule has 0 aliphatic carbocycles. The lowest BCUT2D eigenvalue weighted by molar-refractivity contribution is -0.124.